The smallest absolute Gasteiger partial charge is 0.294 e. The summed E-state index contributed by atoms with van der Waals surface area (Å²) in [6.07, 6.45) is 3.34. The summed E-state index contributed by atoms with van der Waals surface area (Å²) in [5.74, 6) is 0.286. The number of para-hydroxylation sites is 2. The lowest BCUT2D eigenvalue weighted by atomic mass is 9.91. The number of aromatic nitrogens is 2. The molecule has 0 spiro atoms. The molecule has 1 aromatic heterocycles. The molecule has 9 heteroatoms. The number of nitro benzene ring substituents is 1. The van der Waals surface area contributed by atoms with Crippen LogP contribution in [-0.2, 0) is 0 Å². The third kappa shape index (κ3) is 4.03. The number of likely N-dealkylation sites (tertiary alicyclic amines) is 1. The van der Waals surface area contributed by atoms with Crippen molar-refractivity contribution < 1.29 is 9.72 Å². The molecule has 1 unspecified atom stereocenters. The SMILES string of the molecule is CC(N)C1CCN(C(=O)c2ccn(-c3ccccc3[N+](=O)[O-])n2)CC1.Cl. The second-order valence-electron chi connectivity index (χ2n) is 6.38. The molecular formula is C17H22ClN5O3. The Morgan fingerprint density at radius 3 is 2.58 bits per heavy atom. The molecule has 8 nitrogen and oxygen atoms in total. The van der Waals surface area contributed by atoms with Gasteiger partial charge in [0.25, 0.3) is 11.6 Å². The van der Waals surface area contributed by atoms with Gasteiger partial charge in [0.15, 0.2) is 5.69 Å². The molecule has 0 bridgehead atoms. The number of halogens is 1. The Balaban J connectivity index is 0.00000243. The van der Waals surface area contributed by atoms with Crippen molar-refractivity contribution in [3.05, 3.63) is 52.3 Å². The molecule has 1 aromatic carbocycles. The molecule has 1 aliphatic rings. The monoisotopic (exact) mass is 379 g/mol. The maximum atomic E-state index is 12.6. The number of nitrogens with two attached hydrogens (primary N) is 1. The van der Waals surface area contributed by atoms with Crippen molar-refractivity contribution in [2.45, 2.75) is 25.8 Å². The summed E-state index contributed by atoms with van der Waals surface area (Å²) >= 11 is 0. The maximum absolute atomic E-state index is 12.6. The summed E-state index contributed by atoms with van der Waals surface area (Å²) in [7, 11) is 0. The van der Waals surface area contributed by atoms with Crippen molar-refractivity contribution >= 4 is 24.0 Å². The van der Waals surface area contributed by atoms with E-state index in [1.165, 1.54) is 10.7 Å². The third-order valence-electron chi connectivity index (χ3n) is 4.70. The zero-order valence-electron chi connectivity index (χ0n) is 14.4. The largest absolute Gasteiger partial charge is 0.337 e. The van der Waals surface area contributed by atoms with Crippen LogP contribution in [0.4, 0.5) is 5.69 Å². The van der Waals surface area contributed by atoms with Crippen LogP contribution in [0.15, 0.2) is 36.5 Å². The molecule has 0 radical (unpaired) electrons. The van der Waals surface area contributed by atoms with Gasteiger partial charge in [-0.3, -0.25) is 14.9 Å². The number of benzene rings is 1. The number of rotatable bonds is 4. The van der Waals surface area contributed by atoms with Crippen molar-refractivity contribution in [2.75, 3.05) is 13.1 Å². The minimum atomic E-state index is -0.461. The zero-order valence-corrected chi connectivity index (χ0v) is 15.3. The first-order valence-electron chi connectivity index (χ1n) is 8.31. The van der Waals surface area contributed by atoms with E-state index in [0.717, 1.165) is 12.8 Å². The molecule has 1 saturated heterocycles. The fraction of sp³-hybridized carbons (Fsp3) is 0.412. The van der Waals surface area contributed by atoms with Crippen LogP contribution >= 0.6 is 12.4 Å². The molecular weight excluding hydrogens is 358 g/mol. The second-order valence-corrected chi connectivity index (χ2v) is 6.38. The topological polar surface area (TPSA) is 107 Å². The fourth-order valence-electron chi connectivity index (χ4n) is 3.17. The van der Waals surface area contributed by atoms with Crippen molar-refractivity contribution in [1.82, 2.24) is 14.7 Å². The van der Waals surface area contributed by atoms with Crippen LogP contribution in [0.5, 0.6) is 0 Å². The first-order valence-corrected chi connectivity index (χ1v) is 8.31. The highest BCUT2D eigenvalue weighted by Crippen LogP contribution is 2.23. The van der Waals surface area contributed by atoms with Gasteiger partial charge in [-0.05, 0) is 37.8 Å². The van der Waals surface area contributed by atoms with E-state index in [-0.39, 0.29) is 35.7 Å². The Hall–Kier alpha value is -2.45. The van der Waals surface area contributed by atoms with Gasteiger partial charge in [0.1, 0.15) is 5.69 Å². The number of carbonyl (C=O) groups is 1. The summed E-state index contributed by atoms with van der Waals surface area (Å²) in [4.78, 5) is 25.1. The van der Waals surface area contributed by atoms with Crippen molar-refractivity contribution in [3.63, 3.8) is 0 Å². The van der Waals surface area contributed by atoms with Crippen molar-refractivity contribution in [2.24, 2.45) is 11.7 Å². The first-order chi connectivity index (χ1) is 12.0. The highest BCUT2D eigenvalue weighted by molar-refractivity contribution is 5.92. The molecule has 2 heterocycles. The van der Waals surface area contributed by atoms with E-state index in [1.54, 1.807) is 35.4 Å². The molecule has 2 aromatic rings. The predicted molar refractivity (Wildman–Crippen MR) is 99.7 cm³/mol. The van der Waals surface area contributed by atoms with E-state index in [9.17, 15) is 14.9 Å². The molecule has 140 valence electrons. The standard InChI is InChI=1S/C17H21N5O3.ClH/c1-12(18)13-6-9-20(10-7-13)17(23)14-8-11-21(19-14)15-4-2-3-5-16(15)22(24)25;/h2-5,8,11-13H,6-7,9-10,18H2,1H3;1H. The normalized spacial score (nSPS) is 16.0. The van der Waals surface area contributed by atoms with E-state index in [0.29, 0.717) is 24.7 Å². The lowest BCUT2D eigenvalue weighted by Gasteiger charge is -2.33. The second kappa shape index (κ2) is 8.29. The molecule has 1 fully saturated rings. The maximum Gasteiger partial charge on any atom is 0.294 e. The lowest BCUT2D eigenvalue weighted by molar-refractivity contribution is -0.384. The highest BCUT2D eigenvalue weighted by Gasteiger charge is 2.27. The summed E-state index contributed by atoms with van der Waals surface area (Å²) in [6.45, 7) is 3.31. The van der Waals surface area contributed by atoms with E-state index in [2.05, 4.69) is 5.10 Å². The molecule has 1 aliphatic heterocycles. The number of nitrogens with zero attached hydrogens (tertiary/aromatic N) is 4. The predicted octanol–water partition coefficient (Wildman–Crippen LogP) is 2.40. The van der Waals surface area contributed by atoms with Gasteiger partial charge in [-0.1, -0.05) is 12.1 Å². The fourth-order valence-corrected chi connectivity index (χ4v) is 3.17. The Kier molecular flexibility index (Phi) is 6.33. The Bertz CT molecular complexity index is 784. The number of piperidine rings is 1. The van der Waals surface area contributed by atoms with Crippen LogP contribution < -0.4 is 5.73 Å². The van der Waals surface area contributed by atoms with Gasteiger partial charge in [0, 0.05) is 31.4 Å². The summed E-state index contributed by atoms with van der Waals surface area (Å²) in [5, 5.41) is 15.4. The summed E-state index contributed by atoms with van der Waals surface area (Å²) in [6, 6.07) is 8.04. The van der Waals surface area contributed by atoms with Gasteiger partial charge >= 0.3 is 0 Å². The van der Waals surface area contributed by atoms with Gasteiger partial charge < -0.3 is 10.6 Å². The van der Waals surface area contributed by atoms with E-state index in [1.807, 2.05) is 6.92 Å². The van der Waals surface area contributed by atoms with E-state index >= 15 is 0 Å². The summed E-state index contributed by atoms with van der Waals surface area (Å²) in [5.41, 5.74) is 6.50. The van der Waals surface area contributed by atoms with Gasteiger partial charge in [-0.2, -0.15) is 5.10 Å². The number of hydrogen-bond donors (Lipinski definition) is 1. The molecule has 1 amide bonds. The quantitative estimate of drug-likeness (QED) is 0.648. The number of carbonyl (C=O) groups excluding carboxylic acids is 1. The van der Waals surface area contributed by atoms with Gasteiger partial charge in [-0.15, -0.1) is 12.4 Å². The average molecular weight is 380 g/mol. The van der Waals surface area contributed by atoms with Crippen LogP contribution in [0.3, 0.4) is 0 Å². The average Bonchev–Trinajstić information content (AvgIpc) is 3.11. The molecule has 0 aliphatic carbocycles. The molecule has 1 atom stereocenters. The number of nitro groups is 1. The van der Waals surface area contributed by atoms with Crippen LogP contribution in [0.1, 0.15) is 30.3 Å². The van der Waals surface area contributed by atoms with Gasteiger partial charge in [-0.25, -0.2) is 4.68 Å². The Morgan fingerprint density at radius 1 is 1.31 bits per heavy atom. The minimum Gasteiger partial charge on any atom is -0.337 e. The molecule has 26 heavy (non-hydrogen) atoms. The lowest BCUT2D eigenvalue weighted by Crippen LogP contribution is -2.42. The Labute approximate surface area is 157 Å². The Morgan fingerprint density at radius 2 is 1.96 bits per heavy atom. The van der Waals surface area contributed by atoms with Crippen molar-refractivity contribution in [1.29, 1.82) is 0 Å². The molecule has 0 saturated carbocycles. The minimum absolute atomic E-state index is 0. The third-order valence-corrected chi connectivity index (χ3v) is 4.70. The molecule has 3 rings (SSSR count). The van der Waals surface area contributed by atoms with Crippen LogP contribution in [0, 0.1) is 16.0 Å². The van der Waals surface area contributed by atoms with Crippen LogP contribution in [0.25, 0.3) is 5.69 Å². The van der Waals surface area contributed by atoms with Gasteiger partial charge in [0.2, 0.25) is 0 Å². The summed E-state index contributed by atoms with van der Waals surface area (Å²) < 4.78 is 1.38. The first kappa shape index (κ1) is 19.9. The number of amides is 1. The molecule has 2 N–H and O–H groups in total. The zero-order chi connectivity index (χ0) is 18.0. The van der Waals surface area contributed by atoms with Crippen LogP contribution in [0.2, 0.25) is 0 Å². The van der Waals surface area contributed by atoms with Crippen LogP contribution in [-0.4, -0.2) is 44.6 Å². The van der Waals surface area contributed by atoms with Crippen molar-refractivity contribution in [3.8, 4) is 5.69 Å². The highest BCUT2D eigenvalue weighted by atomic mass is 35.5. The number of hydrogen-bond acceptors (Lipinski definition) is 5. The van der Waals surface area contributed by atoms with E-state index in [4.69, 9.17) is 5.73 Å². The van der Waals surface area contributed by atoms with E-state index < -0.39 is 4.92 Å². The van der Waals surface area contributed by atoms with Gasteiger partial charge in [0.05, 0.1) is 4.92 Å².